The summed E-state index contributed by atoms with van der Waals surface area (Å²) >= 11 is 9.50. The quantitative estimate of drug-likeness (QED) is 0.856. The summed E-state index contributed by atoms with van der Waals surface area (Å²) in [6.45, 7) is 4.02. The molecule has 0 saturated heterocycles. The Bertz CT molecular complexity index is 641. The fourth-order valence-electron chi connectivity index (χ4n) is 2.24. The molecule has 0 radical (unpaired) electrons. The molecule has 0 aliphatic heterocycles. The van der Waals surface area contributed by atoms with Gasteiger partial charge < -0.3 is 9.84 Å². The third kappa shape index (κ3) is 2.85. The lowest BCUT2D eigenvalue weighted by atomic mass is 9.94. The molecule has 106 valence electrons. The predicted octanol–water partition coefficient (Wildman–Crippen LogP) is 4.81. The minimum absolute atomic E-state index is 0.553. The number of hydrogen-bond donors (Lipinski definition) is 1. The summed E-state index contributed by atoms with van der Waals surface area (Å²) in [5, 5.41) is 11.3. The molecule has 0 fully saturated rings. The van der Waals surface area contributed by atoms with Gasteiger partial charge in [0, 0.05) is 10.6 Å². The molecule has 0 saturated carbocycles. The molecule has 2 rings (SSSR count). The molecule has 0 heterocycles. The van der Waals surface area contributed by atoms with E-state index in [4.69, 9.17) is 16.3 Å². The number of benzene rings is 2. The molecule has 2 nitrogen and oxygen atoms in total. The maximum absolute atomic E-state index is 10.7. The number of rotatable bonds is 3. The van der Waals surface area contributed by atoms with Gasteiger partial charge in [-0.15, -0.1) is 0 Å². The van der Waals surface area contributed by atoms with Gasteiger partial charge in [-0.2, -0.15) is 0 Å². The molecule has 0 aromatic heterocycles. The lowest BCUT2D eigenvalue weighted by Crippen LogP contribution is -2.05. The van der Waals surface area contributed by atoms with Gasteiger partial charge in [-0.25, -0.2) is 0 Å². The Hall–Kier alpha value is -1.03. The van der Waals surface area contributed by atoms with Crippen molar-refractivity contribution in [3.05, 3.63) is 62.1 Å². The zero-order chi connectivity index (χ0) is 14.9. The zero-order valence-corrected chi connectivity index (χ0v) is 13.9. The Morgan fingerprint density at radius 2 is 1.90 bits per heavy atom. The number of hydrogen-bond acceptors (Lipinski definition) is 2. The molecule has 0 amide bonds. The van der Waals surface area contributed by atoms with E-state index in [2.05, 4.69) is 15.9 Å². The van der Waals surface area contributed by atoms with Gasteiger partial charge in [-0.1, -0.05) is 29.8 Å². The summed E-state index contributed by atoms with van der Waals surface area (Å²) in [5.41, 5.74) is 3.72. The topological polar surface area (TPSA) is 29.5 Å². The molecule has 2 aromatic rings. The van der Waals surface area contributed by atoms with E-state index in [-0.39, 0.29) is 0 Å². The summed E-state index contributed by atoms with van der Waals surface area (Å²) in [7, 11) is 1.58. The van der Waals surface area contributed by atoms with Crippen LogP contribution in [0.4, 0.5) is 0 Å². The highest BCUT2D eigenvalue weighted by Crippen LogP contribution is 2.39. The van der Waals surface area contributed by atoms with Crippen molar-refractivity contribution in [3.8, 4) is 5.75 Å². The molecule has 1 unspecified atom stereocenters. The number of aliphatic hydroxyl groups is 1. The van der Waals surface area contributed by atoms with E-state index in [1.54, 1.807) is 19.2 Å². The first-order valence-electron chi connectivity index (χ1n) is 6.22. The van der Waals surface area contributed by atoms with Crippen molar-refractivity contribution in [3.63, 3.8) is 0 Å². The van der Waals surface area contributed by atoms with Crippen LogP contribution in [0.3, 0.4) is 0 Å². The summed E-state index contributed by atoms with van der Waals surface area (Å²) in [4.78, 5) is 0. The number of halogens is 2. The molecule has 1 N–H and O–H groups in total. The van der Waals surface area contributed by atoms with Crippen LogP contribution in [0.5, 0.6) is 5.75 Å². The van der Waals surface area contributed by atoms with Crippen molar-refractivity contribution in [1.29, 1.82) is 0 Å². The second-order valence-corrected chi connectivity index (χ2v) is 5.99. The Balaban J connectivity index is 2.58. The van der Waals surface area contributed by atoms with Gasteiger partial charge in [0.05, 0.1) is 11.6 Å². The second-order valence-electron chi connectivity index (χ2n) is 4.70. The first-order chi connectivity index (χ1) is 9.45. The van der Waals surface area contributed by atoms with Crippen molar-refractivity contribution in [2.75, 3.05) is 7.11 Å². The minimum Gasteiger partial charge on any atom is -0.495 e. The molecule has 0 aliphatic carbocycles. The molecule has 0 spiro atoms. The molecular weight excluding hydrogens is 340 g/mol. The predicted molar refractivity (Wildman–Crippen MR) is 85.7 cm³/mol. The fourth-order valence-corrected chi connectivity index (χ4v) is 3.23. The summed E-state index contributed by atoms with van der Waals surface area (Å²) in [6.07, 6.45) is -0.778. The Labute approximate surface area is 132 Å². The smallest absolute Gasteiger partial charge is 0.139 e. The van der Waals surface area contributed by atoms with Crippen LogP contribution in [0, 0.1) is 13.8 Å². The van der Waals surface area contributed by atoms with E-state index in [0.29, 0.717) is 16.3 Å². The van der Waals surface area contributed by atoms with E-state index >= 15 is 0 Å². The average molecular weight is 356 g/mol. The zero-order valence-electron chi connectivity index (χ0n) is 11.6. The van der Waals surface area contributed by atoms with Crippen molar-refractivity contribution in [1.82, 2.24) is 0 Å². The van der Waals surface area contributed by atoms with Gasteiger partial charge in [0.25, 0.3) is 0 Å². The maximum Gasteiger partial charge on any atom is 0.139 e. The third-order valence-electron chi connectivity index (χ3n) is 3.48. The lowest BCUT2D eigenvalue weighted by Gasteiger charge is -2.19. The molecule has 2 aromatic carbocycles. The molecule has 4 heteroatoms. The van der Waals surface area contributed by atoms with Crippen LogP contribution in [-0.4, -0.2) is 12.2 Å². The second kappa shape index (κ2) is 6.17. The molecule has 0 aliphatic rings. The van der Waals surface area contributed by atoms with E-state index in [9.17, 15) is 5.11 Å². The molecule has 1 atom stereocenters. The van der Waals surface area contributed by atoms with E-state index in [0.717, 1.165) is 21.2 Å². The first-order valence-corrected chi connectivity index (χ1v) is 7.40. The maximum atomic E-state index is 10.7. The monoisotopic (exact) mass is 354 g/mol. The van der Waals surface area contributed by atoms with E-state index in [1.807, 2.05) is 32.0 Å². The van der Waals surface area contributed by atoms with E-state index < -0.39 is 6.10 Å². The van der Waals surface area contributed by atoms with Crippen molar-refractivity contribution >= 4 is 27.5 Å². The van der Waals surface area contributed by atoms with Crippen LogP contribution >= 0.6 is 27.5 Å². The SMILES string of the molecule is COc1c(Br)cc(Cl)cc1C(O)c1cccc(C)c1C. The largest absolute Gasteiger partial charge is 0.495 e. The molecular formula is C16H16BrClO2. The average Bonchev–Trinajstić information content (AvgIpc) is 2.40. The summed E-state index contributed by atoms with van der Waals surface area (Å²) in [5.74, 6) is 0.600. The van der Waals surface area contributed by atoms with E-state index in [1.165, 1.54) is 0 Å². The van der Waals surface area contributed by atoms with Crippen molar-refractivity contribution < 1.29 is 9.84 Å². The van der Waals surface area contributed by atoms with Gasteiger partial charge in [-0.3, -0.25) is 0 Å². The highest BCUT2D eigenvalue weighted by molar-refractivity contribution is 9.10. The number of aliphatic hydroxyl groups excluding tert-OH is 1. The normalized spacial score (nSPS) is 12.3. The summed E-state index contributed by atoms with van der Waals surface area (Å²) < 4.78 is 6.11. The van der Waals surface area contributed by atoms with Crippen molar-refractivity contribution in [2.24, 2.45) is 0 Å². The van der Waals surface area contributed by atoms with Crippen LogP contribution in [0.1, 0.15) is 28.4 Å². The highest BCUT2D eigenvalue weighted by atomic mass is 79.9. The molecule has 20 heavy (non-hydrogen) atoms. The van der Waals surface area contributed by atoms with Crippen LogP contribution in [0.2, 0.25) is 5.02 Å². The summed E-state index contributed by atoms with van der Waals surface area (Å²) in [6, 6.07) is 9.36. The number of ether oxygens (including phenoxy) is 1. The number of aryl methyl sites for hydroxylation is 1. The van der Waals surface area contributed by atoms with Gasteiger partial charge in [0.15, 0.2) is 0 Å². The van der Waals surface area contributed by atoms with Gasteiger partial charge in [0.2, 0.25) is 0 Å². The number of methoxy groups -OCH3 is 1. The Morgan fingerprint density at radius 3 is 2.55 bits per heavy atom. The van der Waals surface area contributed by atoms with Crippen LogP contribution < -0.4 is 4.74 Å². The van der Waals surface area contributed by atoms with Gasteiger partial charge in [0.1, 0.15) is 11.9 Å². The van der Waals surface area contributed by atoms with Gasteiger partial charge in [-0.05, 0) is 58.6 Å². The third-order valence-corrected chi connectivity index (χ3v) is 4.28. The van der Waals surface area contributed by atoms with Crippen molar-refractivity contribution in [2.45, 2.75) is 20.0 Å². The first kappa shape index (κ1) is 15.4. The molecule has 0 bridgehead atoms. The van der Waals surface area contributed by atoms with Crippen LogP contribution in [0.25, 0.3) is 0 Å². The van der Waals surface area contributed by atoms with Gasteiger partial charge >= 0.3 is 0 Å². The van der Waals surface area contributed by atoms with Crippen LogP contribution in [-0.2, 0) is 0 Å². The minimum atomic E-state index is -0.778. The lowest BCUT2D eigenvalue weighted by molar-refractivity contribution is 0.213. The standard InChI is InChI=1S/C16H16BrClO2/c1-9-5-4-6-12(10(9)2)15(19)13-7-11(18)8-14(17)16(13)20-3/h4-8,15,19H,1-3H3. The highest BCUT2D eigenvalue weighted by Gasteiger charge is 2.20. The Morgan fingerprint density at radius 1 is 1.20 bits per heavy atom. The van der Waals surface area contributed by atoms with Crippen LogP contribution in [0.15, 0.2) is 34.8 Å². The Kier molecular flexibility index (Phi) is 4.74. The fraction of sp³-hybridized carbons (Fsp3) is 0.250.